The number of nitrogens with zero attached hydrogens (tertiary/aromatic N) is 2. The number of halogens is 4. The Bertz CT molecular complexity index is 1500. The zero-order valence-corrected chi connectivity index (χ0v) is 26.7. The minimum Gasteiger partial charge on any atom is -0.354 e. The standard InChI is InChI=1S/C29H31Cl4N3O4S/c1-4-14-34-29(38)26(5-2)35(17-20-8-9-21(30)15-25(20)33)28(37)18-36(27-16-22(31)10-13-24(27)32)41(39,40)23-11-6-19(3)7-12-23/h6-13,15-16,26H,4-5,14,17-18H2,1-3H3,(H,34,38). The highest BCUT2D eigenvalue weighted by molar-refractivity contribution is 7.92. The van der Waals surface area contributed by atoms with E-state index in [0.717, 1.165) is 9.87 Å². The number of hydrogen-bond acceptors (Lipinski definition) is 4. The van der Waals surface area contributed by atoms with Crippen molar-refractivity contribution in [2.75, 3.05) is 17.4 Å². The van der Waals surface area contributed by atoms with Gasteiger partial charge in [-0.3, -0.25) is 13.9 Å². The minimum atomic E-state index is -4.29. The van der Waals surface area contributed by atoms with E-state index in [0.29, 0.717) is 28.6 Å². The predicted octanol–water partition coefficient (Wildman–Crippen LogP) is 7.14. The summed E-state index contributed by atoms with van der Waals surface area (Å²) in [5.74, 6) is -0.997. The van der Waals surface area contributed by atoms with E-state index in [9.17, 15) is 18.0 Å². The number of aryl methyl sites for hydroxylation is 1. The molecule has 0 bridgehead atoms. The van der Waals surface area contributed by atoms with Crippen LogP contribution in [0.5, 0.6) is 0 Å². The quantitative estimate of drug-likeness (QED) is 0.224. The van der Waals surface area contributed by atoms with E-state index in [4.69, 9.17) is 46.4 Å². The molecular weight excluding hydrogens is 628 g/mol. The summed E-state index contributed by atoms with van der Waals surface area (Å²) in [6, 6.07) is 14.5. The molecule has 41 heavy (non-hydrogen) atoms. The van der Waals surface area contributed by atoms with Crippen LogP contribution in [0.1, 0.15) is 37.8 Å². The van der Waals surface area contributed by atoms with Crippen molar-refractivity contribution in [1.82, 2.24) is 10.2 Å². The molecule has 0 saturated heterocycles. The zero-order valence-electron chi connectivity index (χ0n) is 22.8. The van der Waals surface area contributed by atoms with Gasteiger partial charge in [-0.1, -0.05) is 84.0 Å². The number of carbonyl (C=O) groups is 2. The van der Waals surface area contributed by atoms with Crippen LogP contribution in [0.25, 0.3) is 0 Å². The number of sulfonamides is 1. The molecule has 0 heterocycles. The lowest BCUT2D eigenvalue weighted by Crippen LogP contribution is -2.52. The fraction of sp³-hybridized carbons (Fsp3) is 0.310. The Labute approximate surface area is 261 Å². The Morgan fingerprint density at radius 3 is 2.12 bits per heavy atom. The van der Waals surface area contributed by atoms with Crippen molar-refractivity contribution in [1.29, 1.82) is 0 Å². The molecule has 220 valence electrons. The van der Waals surface area contributed by atoms with Gasteiger partial charge in [0.25, 0.3) is 10.0 Å². The molecule has 3 rings (SSSR count). The van der Waals surface area contributed by atoms with Crippen molar-refractivity contribution in [3.63, 3.8) is 0 Å². The molecule has 0 spiro atoms. The molecular formula is C29H31Cl4N3O4S. The lowest BCUT2D eigenvalue weighted by Gasteiger charge is -2.33. The maximum Gasteiger partial charge on any atom is 0.264 e. The number of carbonyl (C=O) groups excluding carboxylic acids is 2. The van der Waals surface area contributed by atoms with E-state index >= 15 is 0 Å². The van der Waals surface area contributed by atoms with Gasteiger partial charge in [0.15, 0.2) is 0 Å². The molecule has 2 amide bonds. The van der Waals surface area contributed by atoms with E-state index in [1.165, 1.54) is 35.2 Å². The number of rotatable bonds is 12. The third kappa shape index (κ3) is 8.30. The number of anilines is 1. The summed E-state index contributed by atoms with van der Waals surface area (Å²) >= 11 is 25.2. The Hall–Kier alpha value is -2.49. The number of amides is 2. The summed E-state index contributed by atoms with van der Waals surface area (Å²) in [7, 11) is -4.29. The van der Waals surface area contributed by atoms with Crippen LogP contribution < -0.4 is 9.62 Å². The summed E-state index contributed by atoms with van der Waals surface area (Å²) in [5.41, 5.74) is 1.43. The second-order valence-electron chi connectivity index (χ2n) is 9.39. The van der Waals surface area contributed by atoms with Gasteiger partial charge >= 0.3 is 0 Å². The largest absolute Gasteiger partial charge is 0.354 e. The molecule has 3 aromatic rings. The fourth-order valence-corrected chi connectivity index (χ4v) is 6.48. The predicted molar refractivity (Wildman–Crippen MR) is 167 cm³/mol. The van der Waals surface area contributed by atoms with Gasteiger partial charge < -0.3 is 10.2 Å². The summed E-state index contributed by atoms with van der Waals surface area (Å²) in [6.45, 7) is 5.23. The summed E-state index contributed by atoms with van der Waals surface area (Å²) < 4.78 is 28.9. The van der Waals surface area contributed by atoms with Crippen molar-refractivity contribution in [3.05, 3.63) is 91.9 Å². The summed E-state index contributed by atoms with van der Waals surface area (Å²) in [5, 5.41) is 3.87. The first-order valence-electron chi connectivity index (χ1n) is 12.9. The van der Waals surface area contributed by atoms with Gasteiger partial charge in [-0.25, -0.2) is 8.42 Å². The molecule has 0 saturated carbocycles. The molecule has 1 N–H and O–H groups in total. The Kier molecular flexibility index (Phi) is 11.8. The van der Waals surface area contributed by atoms with Gasteiger partial charge in [0, 0.05) is 28.2 Å². The minimum absolute atomic E-state index is 0.0287. The summed E-state index contributed by atoms with van der Waals surface area (Å²) in [4.78, 5) is 28.6. The van der Waals surface area contributed by atoms with Crippen molar-refractivity contribution in [3.8, 4) is 0 Å². The van der Waals surface area contributed by atoms with Gasteiger partial charge in [-0.05, 0) is 67.8 Å². The molecule has 0 aliphatic rings. The Morgan fingerprint density at radius 1 is 0.878 bits per heavy atom. The first-order valence-corrected chi connectivity index (χ1v) is 15.9. The van der Waals surface area contributed by atoms with Crippen LogP contribution in [0.3, 0.4) is 0 Å². The SMILES string of the molecule is CCCNC(=O)C(CC)N(Cc1ccc(Cl)cc1Cl)C(=O)CN(c1cc(Cl)ccc1Cl)S(=O)(=O)c1ccc(C)cc1. The zero-order chi connectivity index (χ0) is 30.3. The van der Waals surface area contributed by atoms with E-state index in [1.54, 1.807) is 37.3 Å². The lowest BCUT2D eigenvalue weighted by molar-refractivity contribution is -0.140. The fourth-order valence-electron chi connectivity index (χ4n) is 4.15. The first-order chi connectivity index (χ1) is 19.4. The second kappa shape index (κ2) is 14.6. The molecule has 7 nitrogen and oxygen atoms in total. The maximum atomic E-state index is 14.1. The second-order valence-corrected chi connectivity index (χ2v) is 12.9. The van der Waals surface area contributed by atoms with Gasteiger partial charge in [0.05, 0.1) is 15.6 Å². The lowest BCUT2D eigenvalue weighted by atomic mass is 10.1. The number of nitrogens with one attached hydrogen (secondary N) is 1. The van der Waals surface area contributed by atoms with E-state index in [1.807, 2.05) is 13.8 Å². The van der Waals surface area contributed by atoms with Crippen LogP contribution >= 0.6 is 46.4 Å². The summed E-state index contributed by atoms with van der Waals surface area (Å²) in [6.07, 6.45) is 0.976. The Balaban J connectivity index is 2.11. The third-order valence-electron chi connectivity index (χ3n) is 6.36. The van der Waals surface area contributed by atoms with Crippen LogP contribution in [0.2, 0.25) is 20.1 Å². The molecule has 0 aliphatic heterocycles. The van der Waals surface area contributed by atoms with Gasteiger partial charge in [0.1, 0.15) is 12.6 Å². The maximum absolute atomic E-state index is 14.1. The van der Waals surface area contributed by atoms with E-state index in [-0.39, 0.29) is 39.5 Å². The molecule has 0 fully saturated rings. The van der Waals surface area contributed by atoms with Crippen LogP contribution in [-0.4, -0.2) is 44.3 Å². The van der Waals surface area contributed by atoms with Crippen molar-refractivity contribution in [2.45, 2.75) is 51.1 Å². The number of benzene rings is 3. The molecule has 0 aromatic heterocycles. The highest BCUT2D eigenvalue weighted by Crippen LogP contribution is 2.33. The van der Waals surface area contributed by atoms with Crippen LogP contribution in [0.4, 0.5) is 5.69 Å². The number of hydrogen-bond donors (Lipinski definition) is 1. The highest BCUT2D eigenvalue weighted by atomic mass is 35.5. The van der Waals surface area contributed by atoms with E-state index < -0.39 is 28.5 Å². The van der Waals surface area contributed by atoms with Crippen LogP contribution in [0.15, 0.2) is 65.6 Å². The average molecular weight is 659 g/mol. The normalized spacial score (nSPS) is 12.1. The average Bonchev–Trinajstić information content (AvgIpc) is 2.93. The van der Waals surface area contributed by atoms with Gasteiger partial charge in [0.2, 0.25) is 11.8 Å². The third-order valence-corrected chi connectivity index (χ3v) is 9.27. The smallest absolute Gasteiger partial charge is 0.264 e. The monoisotopic (exact) mass is 657 g/mol. The van der Waals surface area contributed by atoms with Crippen LogP contribution in [-0.2, 0) is 26.2 Å². The highest BCUT2D eigenvalue weighted by Gasteiger charge is 2.34. The van der Waals surface area contributed by atoms with Crippen molar-refractivity contribution >= 4 is 73.9 Å². The van der Waals surface area contributed by atoms with Gasteiger partial charge in [-0.2, -0.15) is 0 Å². The Morgan fingerprint density at radius 2 is 1.51 bits per heavy atom. The molecule has 12 heteroatoms. The first kappa shape index (κ1) is 33.0. The van der Waals surface area contributed by atoms with Crippen molar-refractivity contribution < 1.29 is 18.0 Å². The molecule has 0 aliphatic carbocycles. The van der Waals surface area contributed by atoms with Crippen molar-refractivity contribution in [2.24, 2.45) is 0 Å². The molecule has 1 unspecified atom stereocenters. The van der Waals surface area contributed by atoms with Crippen LogP contribution in [0, 0.1) is 6.92 Å². The topological polar surface area (TPSA) is 86.8 Å². The molecule has 0 radical (unpaired) electrons. The molecule has 1 atom stereocenters. The van der Waals surface area contributed by atoms with Gasteiger partial charge in [-0.15, -0.1) is 0 Å². The molecule has 3 aromatic carbocycles. The van der Waals surface area contributed by atoms with E-state index in [2.05, 4.69) is 5.32 Å².